The SMILES string of the molecule is CCSCC(C)N1C(=O)C(CC)NC1C. The fourth-order valence-electron chi connectivity index (χ4n) is 2.07. The van der Waals surface area contributed by atoms with Gasteiger partial charge in [-0.25, -0.2) is 0 Å². The number of carbonyl (C=O) groups excluding carboxylic acids is 1. The highest BCUT2D eigenvalue weighted by Gasteiger charge is 2.37. The molecule has 0 aromatic carbocycles. The third-order valence-corrected chi connectivity index (χ3v) is 3.98. The predicted octanol–water partition coefficient (Wildman–Crippen LogP) is 1.68. The molecular formula is C11H22N2OS. The summed E-state index contributed by atoms with van der Waals surface area (Å²) in [4.78, 5) is 14.0. The first-order valence-corrected chi connectivity index (χ1v) is 6.93. The van der Waals surface area contributed by atoms with E-state index in [4.69, 9.17) is 0 Å². The Bertz CT molecular complexity index is 223. The van der Waals surface area contributed by atoms with Crippen LogP contribution < -0.4 is 5.32 Å². The van der Waals surface area contributed by atoms with Gasteiger partial charge in [-0.1, -0.05) is 13.8 Å². The van der Waals surface area contributed by atoms with Crippen LogP contribution in [-0.4, -0.2) is 40.6 Å². The van der Waals surface area contributed by atoms with Gasteiger partial charge in [0.1, 0.15) is 0 Å². The first-order valence-electron chi connectivity index (χ1n) is 5.77. The van der Waals surface area contributed by atoms with Crippen LogP contribution in [0.4, 0.5) is 0 Å². The quantitative estimate of drug-likeness (QED) is 0.780. The zero-order chi connectivity index (χ0) is 11.4. The smallest absolute Gasteiger partial charge is 0.241 e. The molecule has 1 amide bonds. The fraction of sp³-hybridized carbons (Fsp3) is 0.909. The summed E-state index contributed by atoms with van der Waals surface area (Å²) in [6.45, 7) is 8.41. The highest BCUT2D eigenvalue weighted by Crippen LogP contribution is 2.18. The summed E-state index contributed by atoms with van der Waals surface area (Å²) in [7, 11) is 0. The maximum atomic E-state index is 12.0. The molecule has 3 atom stereocenters. The van der Waals surface area contributed by atoms with E-state index in [1.807, 2.05) is 16.7 Å². The molecule has 1 aliphatic heterocycles. The number of thioether (sulfide) groups is 1. The Kier molecular flexibility index (Phi) is 4.93. The maximum Gasteiger partial charge on any atom is 0.241 e. The van der Waals surface area contributed by atoms with E-state index in [1.165, 1.54) is 0 Å². The van der Waals surface area contributed by atoms with Crippen molar-refractivity contribution >= 4 is 17.7 Å². The number of carbonyl (C=O) groups is 1. The topological polar surface area (TPSA) is 32.3 Å². The summed E-state index contributed by atoms with van der Waals surface area (Å²) in [5.74, 6) is 2.42. The highest BCUT2D eigenvalue weighted by molar-refractivity contribution is 7.99. The summed E-state index contributed by atoms with van der Waals surface area (Å²) in [6.07, 6.45) is 1.07. The number of amides is 1. The molecule has 1 fully saturated rings. The number of nitrogens with one attached hydrogen (secondary N) is 1. The van der Waals surface area contributed by atoms with Crippen molar-refractivity contribution in [1.29, 1.82) is 0 Å². The minimum absolute atomic E-state index is 0.0362. The summed E-state index contributed by atoms with van der Waals surface area (Å²) in [5, 5.41) is 3.33. The Hall–Kier alpha value is -0.220. The Morgan fingerprint density at radius 1 is 1.53 bits per heavy atom. The van der Waals surface area contributed by atoms with Crippen LogP contribution in [0.2, 0.25) is 0 Å². The molecule has 1 saturated heterocycles. The second-order valence-electron chi connectivity index (χ2n) is 4.06. The Labute approximate surface area is 97.0 Å². The molecular weight excluding hydrogens is 208 g/mol. The van der Waals surface area contributed by atoms with E-state index in [2.05, 4.69) is 33.0 Å². The van der Waals surface area contributed by atoms with Crippen molar-refractivity contribution in [2.45, 2.75) is 52.4 Å². The standard InChI is InChI=1S/C11H22N2OS/c1-5-10-11(14)13(9(4)12-10)8(3)7-15-6-2/h8-10,12H,5-7H2,1-4H3. The molecule has 15 heavy (non-hydrogen) atoms. The van der Waals surface area contributed by atoms with Gasteiger partial charge >= 0.3 is 0 Å². The second kappa shape index (κ2) is 5.75. The fourth-order valence-corrected chi connectivity index (χ4v) is 2.81. The van der Waals surface area contributed by atoms with E-state index >= 15 is 0 Å². The number of nitrogens with zero attached hydrogens (tertiary/aromatic N) is 1. The highest BCUT2D eigenvalue weighted by atomic mass is 32.2. The van der Waals surface area contributed by atoms with Gasteiger partial charge in [0.25, 0.3) is 0 Å². The Morgan fingerprint density at radius 2 is 2.20 bits per heavy atom. The molecule has 0 saturated carbocycles. The Morgan fingerprint density at radius 3 is 2.67 bits per heavy atom. The van der Waals surface area contributed by atoms with Gasteiger partial charge in [-0.3, -0.25) is 10.1 Å². The zero-order valence-electron chi connectivity index (χ0n) is 10.1. The second-order valence-corrected chi connectivity index (χ2v) is 5.38. The van der Waals surface area contributed by atoms with Crippen LogP contribution in [0, 0.1) is 0 Å². The van der Waals surface area contributed by atoms with Crippen molar-refractivity contribution in [3.63, 3.8) is 0 Å². The van der Waals surface area contributed by atoms with Crippen molar-refractivity contribution in [3.05, 3.63) is 0 Å². The van der Waals surface area contributed by atoms with Crippen molar-refractivity contribution < 1.29 is 4.79 Å². The van der Waals surface area contributed by atoms with Crippen molar-refractivity contribution in [2.75, 3.05) is 11.5 Å². The average Bonchev–Trinajstić information content (AvgIpc) is 2.50. The maximum absolute atomic E-state index is 12.0. The van der Waals surface area contributed by atoms with Crippen molar-refractivity contribution in [2.24, 2.45) is 0 Å². The summed E-state index contributed by atoms with van der Waals surface area (Å²) in [5.41, 5.74) is 0. The average molecular weight is 230 g/mol. The van der Waals surface area contributed by atoms with Gasteiger partial charge in [-0.2, -0.15) is 11.8 Å². The molecule has 1 heterocycles. The predicted molar refractivity (Wildman–Crippen MR) is 66.0 cm³/mol. The number of hydrogen-bond donors (Lipinski definition) is 1. The van der Waals surface area contributed by atoms with E-state index < -0.39 is 0 Å². The van der Waals surface area contributed by atoms with Crippen LogP contribution in [-0.2, 0) is 4.79 Å². The molecule has 0 aliphatic carbocycles. The number of rotatable bonds is 5. The third-order valence-electron chi connectivity index (χ3n) is 2.86. The van der Waals surface area contributed by atoms with Gasteiger partial charge in [-0.05, 0) is 26.0 Å². The van der Waals surface area contributed by atoms with Gasteiger partial charge in [0.15, 0.2) is 0 Å². The van der Waals surface area contributed by atoms with Crippen LogP contribution in [0.3, 0.4) is 0 Å². The Balaban J connectivity index is 2.56. The molecule has 0 radical (unpaired) electrons. The van der Waals surface area contributed by atoms with E-state index in [1.54, 1.807) is 0 Å². The molecule has 4 heteroatoms. The molecule has 0 aromatic rings. The summed E-state index contributed by atoms with van der Waals surface area (Å²) < 4.78 is 0. The van der Waals surface area contributed by atoms with Crippen LogP contribution in [0.15, 0.2) is 0 Å². The molecule has 1 rings (SSSR count). The van der Waals surface area contributed by atoms with Gasteiger partial charge in [0.05, 0.1) is 12.2 Å². The minimum atomic E-state index is 0.0362. The van der Waals surface area contributed by atoms with E-state index in [0.29, 0.717) is 6.04 Å². The van der Waals surface area contributed by atoms with E-state index in [9.17, 15) is 4.79 Å². The van der Waals surface area contributed by atoms with Crippen molar-refractivity contribution in [1.82, 2.24) is 10.2 Å². The first-order chi connectivity index (χ1) is 7.11. The normalized spacial score (nSPS) is 28.5. The lowest BCUT2D eigenvalue weighted by Crippen LogP contribution is -2.42. The number of hydrogen-bond acceptors (Lipinski definition) is 3. The summed E-state index contributed by atoms with van der Waals surface area (Å²) >= 11 is 1.89. The van der Waals surface area contributed by atoms with Crippen LogP contribution in [0.5, 0.6) is 0 Å². The third kappa shape index (κ3) is 2.88. The van der Waals surface area contributed by atoms with Gasteiger partial charge < -0.3 is 4.90 Å². The van der Waals surface area contributed by atoms with Crippen molar-refractivity contribution in [3.8, 4) is 0 Å². The lowest BCUT2D eigenvalue weighted by molar-refractivity contribution is -0.131. The molecule has 0 spiro atoms. The molecule has 3 nitrogen and oxygen atoms in total. The van der Waals surface area contributed by atoms with Gasteiger partial charge in [-0.15, -0.1) is 0 Å². The minimum Gasteiger partial charge on any atom is -0.323 e. The largest absolute Gasteiger partial charge is 0.323 e. The molecule has 88 valence electrons. The molecule has 3 unspecified atom stereocenters. The van der Waals surface area contributed by atoms with E-state index in [-0.39, 0.29) is 18.1 Å². The van der Waals surface area contributed by atoms with E-state index in [0.717, 1.165) is 17.9 Å². The van der Waals surface area contributed by atoms with Gasteiger partial charge in [0, 0.05) is 11.8 Å². The molecule has 0 aromatic heterocycles. The van der Waals surface area contributed by atoms with Gasteiger partial charge in [0.2, 0.25) is 5.91 Å². The zero-order valence-corrected chi connectivity index (χ0v) is 10.9. The molecule has 1 N–H and O–H groups in total. The van der Waals surface area contributed by atoms with Crippen LogP contribution in [0.25, 0.3) is 0 Å². The summed E-state index contributed by atoms with van der Waals surface area (Å²) in [6, 6.07) is 0.371. The molecule has 1 aliphatic rings. The lowest BCUT2D eigenvalue weighted by Gasteiger charge is -2.27. The van der Waals surface area contributed by atoms with Crippen LogP contribution in [0.1, 0.15) is 34.1 Å². The van der Waals surface area contributed by atoms with Crippen LogP contribution >= 0.6 is 11.8 Å². The monoisotopic (exact) mass is 230 g/mol. The molecule has 0 bridgehead atoms. The first kappa shape index (κ1) is 12.8. The lowest BCUT2D eigenvalue weighted by atomic mass is 10.2.